The van der Waals surface area contributed by atoms with Crippen molar-refractivity contribution in [3.63, 3.8) is 0 Å². The number of benzene rings is 1. The van der Waals surface area contributed by atoms with Crippen LogP contribution < -0.4 is 0 Å². The van der Waals surface area contributed by atoms with Gasteiger partial charge < -0.3 is 4.90 Å². The first-order valence-corrected chi connectivity index (χ1v) is 9.06. The number of amides is 1. The van der Waals surface area contributed by atoms with E-state index in [9.17, 15) is 18.0 Å². The number of halogens is 3. The molecule has 146 valence electrons. The highest BCUT2D eigenvalue weighted by molar-refractivity contribution is 5.76. The lowest BCUT2D eigenvalue weighted by atomic mass is 9.91. The number of piperidine rings is 1. The summed E-state index contributed by atoms with van der Waals surface area (Å²) in [6.07, 6.45) is 0.773. The summed E-state index contributed by atoms with van der Waals surface area (Å²) in [6.45, 7) is 1.83. The second kappa shape index (κ2) is 8.49. The molecule has 0 aliphatic carbocycles. The van der Waals surface area contributed by atoms with E-state index in [1.165, 1.54) is 23.1 Å². The highest BCUT2D eigenvalue weighted by Gasteiger charge is 2.30. The Labute approximate surface area is 155 Å². The van der Waals surface area contributed by atoms with Crippen LogP contribution in [0.3, 0.4) is 0 Å². The van der Waals surface area contributed by atoms with Gasteiger partial charge in [-0.1, -0.05) is 18.2 Å². The van der Waals surface area contributed by atoms with Crippen LogP contribution in [0.25, 0.3) is 0 Å². The Balaban J connectivity index is 1.49. The second-order valence-corrected chi connectivity index (χ2v) is 6.91. The monoisotopic (exact) mass is 381 g/mol. The molecule has 3 rings (SSSR count). The predicted octanol–water partition coefficient (Wildman–Crippen LogP) is 2.95. The summed E-state index contributed by atoms with van der Waals surface area (Å²) in [5.41, 5.74) is 0.0787. The molecule has 0 saturated carbocycles. The number of aryl methyl sites for hydroxylation is 2. The Hall–Kier alpha value is -2.45. The Morgan fingerprint density at radius 1 is 1.30 bits per heavy atom. The number of tetrazole rings is 1. The van der Waals surface area contributed by atoms with Crippen molar-refractivity contribution in [2.45, 2.75) is 44.8 Å². The number of nitrogens with zero attached hydrogens (tertiary/aromatic N) is 5. The van der Waals surface area contributed by atoms with Gasteiger partial charge in [-0.25, -0.2) is 4.68 Å². The van der Waals surface area contributed by atoms with Crippen LogP contribution >= 0.6 is 0 Å². The zero-order chi connectivity index (χ0) is 19.3. The molecule has 0 radical (unpaired) electrons. The summed E-state index contributed by atoms with van der Waals surface area (Å²) in [4.78, 5) is 14.2. The second-order valence-electron chi connectivity index (χ2n) is 6.91. The molecule has 1 aliphatic rings. The normalized spacial score (nSPS) is 17.9. The molecule has 1 fully saturated rings. The summed E-state index contributed by atoms with van der Waals surface area (Å²) in [6, 6.07) is 5.49. The van der Waals surface area contributed by atoms with Crippen molar-refractivity contribution >= 4 is 5.91 Å². The molecule has 1 aromatic heterocycles. The summed E-state index contributed by atoms with van der Waals surface area (Å²) in [5, 5.41) is 10.8. The van der Waals surface area contributed by atoms with Gasteiger partial charge in [0.1, 0.15) is 6.33 Å². The largest absolute Gasteiger partial charge is 0.416 e. The Kier molecular flexibility index (Phi) is 6.08. The highest BCUT2D eigenvalue weighted by atomic mass is 19.4. The van der Waals surface area contributed by atoms with Crippen molar-refractivity contribution in [1.29, 1.82) is 0 Å². The van der Waals surface area contributed by atoms with Gasteiger partial charge in [-0.3, -0.25) is 4.79 Å². The molecule has 6 nitrogen and oxygen atoms in total. The minimum atomic E-state index is -4.32. The first-order valence-electron chi connectivity index (χ1n) is 9.06. The van der Waals surface area contributed by atoms with Gasteiger partial charge >= 0.3 is 6.18 Å². The molecule has 0 N–H and O–H groups in total. The van der Waals surface area contributed by atoms with Gasteiger partial charge in [0.25, 0.3) is 0 Å². The molecule has 1 saturated heterocycles. The van der Waals surface area contributed by atoms with E-state index >= 15 is 0 Å². The number of carbonyl (C=O) groups excluding carboxylic acids is 1. The van der Waals surface area contributed by atoms with E-state index in [1.54, 1.807) is 6.07 Å². The fourth-order valence-electron chi connectivity index (χ4n) is 3.45. The van der Waals surface area contributed by atoms with Crippen LogP contribution in [0.15, 0.2) is 30.6 Å². The van der Waals surface area contributed by atoms with Crippen LogP contribution in [-0.4, -0.2) is 44.1 Å². The first-order chi connectivity index (χ1) is 12.9. The summed E-state index contributed by atoms with van der Waals surface area (Å²) < 4.78 is 40.0. The third-order valence-corrected chi connectivity index (χ3v) is 4.91. The van der Waals surface area contributed by atoms with E-state index in [4.69, 9.17) is 0 Å². The SMILES string of the molecule is O=C(CCn1cnnn1)N1CCCC(CCc2cccc(C(F)(F)F)c2)C1. The first kappa shape index (κ1) is 19.3. The third-order valence-electron chi connectivity index (χ3n) is 4.91. The van der Waals surface area contributed by atoms with E-state index in [-0.39, 0.29) is 5.91 Å². The van der Waals surface area contributed by atoms with E-state index in [0.29, 0.717) is 37.4 Å². The molecule has 1 amide bonds. The molecular formula is C18H22F3N5O. The van der Waals surface area contributed by atoms with Crippen molar-refractivity contribution in [2.75, 3.05) is 13.1 Å². The van der Waals surface area contributed by atoms with Crippen molar-refractivity contribution in [1.82, 2.24) is 25.1 Å². The minimum Gasteiger partial charge on any atom is -0.342 e. The molecule has 2 aromatic rings. The van der Waals surface area contributed by atoms with E-state index < -0.39 is 11.7 Å². The summed E-state index contributed by atoms with van der Waals surface area (Å²) in [5.74, 6) is 0.375. The number of alkyl halides is 3. The third kappa shape index (κ3) is 5.51. The lowest BCUT2D eigenvalue weighted by Gasteiger charge is -2.33. The fraction of sp³-hybridized carbons (Fsp3) is 0.556. The molecule has 2 heterocycles. The minimum absolute atomic E-state index is 0.0641. The number of carbonyl (C=O) groups is 1. The molecule has 1 aromatic carbocycles. The standard InChI is InChI=1S/C18H22F3N5O/c19-18(20,21)16-5-1-3-14(11-16)6-7-15-4-2-9-25(12-15)17(27)8-10-26-13-22-23-24-26/h1,3,5,11,13,15H,2,4,6-10,12H2. The maximum Gasteiger partial charge on any atom is 0.416 e. The topological polar surface area (TPSA) is 63.9 Å². The van der Waals surface area contributed by atoms with Gasteiger partial charge in [0.05, 0.1) is 12.1 Å². The molecule has 0 bridgehead atoms. The predicted molar refractivity (Wildman–Crippen MR) is 91.5 cm³/mol. The highest BCUT2D eigenvalue weighted by Crippen LogP contribution is 2.30. The van der Waals surface area contributed by atoms with E-state index in [2.05, 4.69) is 15.5 Å². The Morgan fingerprint density at radius 3 is 2.89 bits per heavy atom. The van der Waals surface area contributed by atoms with Gasteiger partial charge in [0.15, 0.2) is 0 Å². The summed E-state index contributed by atoms with van der Waals surface area (Å²) >= 11 is 0. The molecule has 27 heavy (non-hydrogen) atoms. The number of rotatable bonds is 6. The Bertz CT molecular complexity index is 748. The molecular weight excluding hydrogens is 359 g/mol. The van der Waals surface area contributed by atoms with Crippen molar-refractivity contribution in [3.8, 4) is 0 Å². The van der Waals surface area contributed by atoms with Crippen LogP contribution in [0.4, 0.5) is 13.2 Å². The van der Waals surface area contributed by atoms with Crippen molar-refractivity contribution in [2.24, 2.45) is 5.92 Å². The van der Waals surface area contributed by atoms with Gasteiger partial charge in [-0.2, -0.15) is 13.2 Å². The van der Waals surface area contributed by atoms with Gasteiger partial charge in [-0.05, 0) is 53.7 Å². The van der Waals surface area contributed by atoms with Crippen LogP contribution in [-0.2, 0) is 23.9 Å². The molecule has 1 unspecified atom stereocenters. The average Bonchev–Trinajstić information content (AvgIpc) is 3.18. The number of hydrogen-bond acceptors (Lipinski definition) is 4. The zero-order valence-corrected chi connectivity index (χ0v) is 14.9. The number of aromatic nitrogens is 4. The number of hydrogen-bond donors (Lipinski definition) is 0. The fourth-order valence-corrected chi connectivity index (χ4v) is 3.45. The zero-order valence-electron chi connectivity index (χ0n) is 14.9. The lowest BCUT2D eigenvalue weighted by molar-refractivity contribution is -0.137. The van der Waals surface area contributed by atoms with Gasteiger partial charge in [-0.15, -0.1) is 5.10 Å². The van der Waals surface area contributed by atoms with Crippen LogP contribution in [0.2, 0.25) is 0 Å². The van der Waals surface area contributed by atoms with Crippen LogP contribution in [0.5, 0.6) is 0 Å². The summed E-state index contributed by atoms with van der Waals surface area (Å²) in [7, 11) is 0. The average molecular weight is 381 g/mol. The van der Waals surface area contributed by atoms with Gasteiger partial charge in [0, 0.05) is 19.5 Å². The molecule has 1 aliphatic heterocycles. The van der Waals surface area contributed by atoms with Crippen molar-refractivity contribution in [3.05, 3.63) is 41.7 Å². The number of likely N-dealkylation sites (tertiary alicyclic amines) is 1. The lowest BCUT2D eigenvalue weighted by Crippen LogP contribution is -2.40. The Morgan fingerprint density at radius 2 is 2.15 bits per heavy atom. The van der Waals surface area contributed by atoms with Gasteiger partial charge in [0.2, 0.25) is 5.91 Å². The smallest absolute Gasteiger partial charge is 0.342 e. The van der Waals surface area contributed by atoms with Crippen molar-refractivity contribution < 1.29 is 18.0 Å². The quantitative estimate of drug-likeness (QED) is 0.772. The maximum absolute atomic E-state index is 12.8. The molecule has 0 spiro atoms. The van der Waals surface area contributed by atoms with Crippen LogP contribution in [0.1, 0.15) is 36.8 Å². The van der Waals surface area contributed by atoms with Crippen LogP contribution in [0, 0.1) is 5.92 Å². The molecule has 1 atom stereocenters. The maximum atomic E-state index is 12.8. The van der Waals surface area contributed by atoms with E-state index in [0.717, 1.165) is 31.9 Å². The molecule has 9 heteroatoms. The van der Waals surface area contributed by atoms with E-state index in [1.807, 2.05) is 4.90 Å².